The van der Waals surface area contributed by atoms with Crippen molar-refractivity contribution in [1.82, 2.24) is 9.97 Å². The summed E-state index contributed by atoms with van der Waals surface area (Å²) in [5, 5.41) is 23.3. The number of thiazole rings is 1. The van der Waals surface area contributed by atoms with Gasteiger partial charge in [-0.05, 0) is 37.3 Å². The molecule has 174 valence electrons. The van der Waals surface area contributed by atoms with E-state index in [2.05, 4.69) is 20.8 Å². The third-order valence-corrected chi connectivity index (χ3v) is 8.03. The number of nitrogen functional groups attached to an aromatic ring is 1. The van der Waals surface area contributed by atoms with Crippen LogP contribution < -0.4 is 10.6 Å². The third-order valence-electron chi connectivity index (χ3n) is 5.83. The van der Waals surface area contributed by atoms with Crippen LogP contribution in [-0.4, -0.2) is 34.8 Å². The zero-order valence-corrected chi connectivity index (χ0v) is 20.8. The molecular formula is C24H23ClN6OS2. The van der Waals surface area contributed by atoms with E-state index >= 15 is 0 Å². The second-order valence-electron chi connectivity index (χ2n) is 7.98. The Kier molecular flexibility index (Phi) is 7.91. The normalized spacial score (nSPS) is 14.1. The molecule has 10 heteroatoms. The topological polar surface area (TPSA) is 103 Å². The highest BCUT2D eigenvalue weighted by Crippen LogP contribution is 2.43. The molecule has 1 aliphatic rings. The number of nitrogens with zero attached hydrogens (tertiary/aromatic N) is 5. The smallest absolute Gasteiger partial charge is 0.251 e. The molecule has 34 heavy (non-hydrogen) atoms. The van der Waals surface area contributed by atoms with Gasteiger partial charge >= 0.3 is 0 Å². The predicted octanol–water partition coefficient (Wildman–Crippen LogP) is 5.75. The number of aliphatic hydroxyl groups excluding tert-OH is 1. The summed E-state index contributed by atoms with van der Waals surface area (Å²) in [4.78, 5) is 14.8. The highest BCUT2D eigenvalue weighted by Gasteiger charge is 2.27. The number of pyridine rings is 1. The van der Waals surface area contributed by atoms with Crippen molar-refractivity contribution in [3.8, 4) is 16.6 Å². The molecule has 0 atom stereocenters. The lowest BCUT2D eigenvalue weighted by Gasteiger charge is -2.35. The number of hydrogen-bond donors (Lipinski definition) is 2. The van der Waals surface area contributed by atoms with Crippen molar-refractivity contribution in [2.24, 2.45) is 5.92 Å². The van der Waals surface area contributed by atoms with Crippen LogP contribution in [-0.2, 0) is 5.75 Å². The first-order chi connectivity index (χ1) is 16.5. The van der Waals surface area contributed by atoms with Gasteiger partial charge in [0.2, 0.25) is 0 Å². The number of thioether (sulfide) groups is 1. The molecule has 4 rings (SSSR count). The van der Waals surface area contributed by atoms with Crippen molar-refractivity contribution in [2.45, 2.75) is 30.0 Å². The molecular weight excluding hydrogens is 488 g/mol. The molecule has 1 saturated heterocycles. The molecule has 3 aromatic rings. The second-order valence-corrected chi connectivity index (χ2v) is 10.2. The molecule has 7 nitrogen and oxygen atoms in total. The van der Waals surface area contributed by atoms with Gasteiger partial charge in [0.25, 0.3) is 5.69 Å². The molecule has 0 bridgehead atoms. The van der Waals surface area contributed by atoms with Gasteiger partial charge in [0, 0.05) is 41.4 Å². The van der Waals surface area contributed by atoms with E-state index in [0.29, 0.717) is 46.1 Å². The summed E-state index contributed by atoms with van der Waals surface area (Å²) in [5.41, 5.74) is 9.25. The fourth-order valence-corrected chi connectivity index (χ4v) is 5.99. The fourth-order valence-electron chi connectivity index (χ4n) is 4.05. The maximum atomic E-state index is 10.0. The van der Waals surface area contributed by atoms with Gasteiger partial charge in [0.15, 0.2) is 0 Å². The molecule has 1 fully saturated rings. The molecule has 0 unspecified atom stereocenters. The van der Waals surface area contributed by atoms with Gasteiger partial charge in [-0.1, -0.05) is 35.5 Å². The Labute approximate surface area is 212 Å². The van der Waals surface area contributed by atoms with E-state index in [0.717, 1.165) is 35.5 Å². The minimum absolute atomic E-state index is 0.143. The number of nitriles is 1. The van der Waals surface area contributed by atoms with Crippen LogP contribution in [0.5, 0.6) is 0 Å². The van der Waals surface area contributed by atoms with Crippen molar-refractivity contribution in [3.05, 3.63) is 57.3 Å². The summed E-state index contributed by atoms with van der Waals surface area (Å²) in [6.07, 6.45) is 2.58. The Morgan fingerprint density at radius 1 is 1.29 bits per heavy atom. The second kappa shape index (κ2) is 11.1. The average Bonchev–Trinajstić information content (AvgIpc) is 3.32. The van der Waals surface area contributed by atoms with Crippen molar-refractivity contribution >= 4 is 51.9 Å². The van der Waals surface area contributed by atoms with Gasteiger partial charge < -0.3 is 15.7 Å². The van der Waals surface area contributed by atoms with Crippen molar-refractivity contribution in [1.29, 1.82) is 5.26 Å². The van der Waals surface area contributed by atoms with E-state index in [9.17, 15) is 10.4 Å². The lowest BCUT2D eigenvalue weighted by molar-refractivity contribution is 0.240. The molecule has 0 saturated carbocycles. The first-order valence-corrected chi connectivity index (χ1v) is 13.1. The van der Waals surface area contributed by atoms with E-state index in [-0.39, 0.29) is 18.1 Å². The summed E-state index contributed by atoms with van der Waals surface area (Å²) in [5.74, 6) is 1.13. The Balaban J connectivity index is 1.56. The lowest BCUT2D eigenvalue weighted by atomic mass is 9.93. The summed E-state index contributed by atoms with van der Waals surface area (Å²) in [7, 11) is 0. The summed E-state index contributed by atoms with van der Waals surface area (Å²) in [6.45, 7) is 9.25. The highest BCUT2D eigenvalue weighted by molar-refractivity contribution is 7.98. The number of aliphatic hydroxyl groups is 1. The zero-order chi connectivity index (χ0) is 24.1. The summed E-state index contributed by atoms with van der Waals surface area (Å²) in [6, 6.07) is 9.83. The molecule has 2 aromatic heterocycles. The number of anilines is 2. The maximum Gasteiger partial charge on any atom is 0.251 e. The standard InChI is InChI=1S/C24H23ClN6OS2/c1-28-20-21(31-9-6-15(7-10-31)8-11-32)19(12-26)24(30-22(20)27)34-14-18-13-33-23(29-18)16-2-4-17(25)5-3-16/h2-5,13,15,32H,6-11,14H2,(H2,27,30). The first kappa shape index (κ1) is 24.3. The number of benzene rings is 1. The molecule has 1 aliphatic heterocycles. The van der Waals surface area contributed by atoms with Gasteiger partial charge in [0.1, 0.15) is 21.9 Å². The Morgan fingerprint density at radius 2 is 2.03 bits per heavy atom. The Hall–Kier alpha value is -2.82. The monoisotopic (exact) mass is 510 g/mol. The zero-order valence-electron chi connectivity index (χ0n) is 18.4. The molecule has 0 radical (unpaired) electrons. The lowest BCUT2D eigenvalue weighted by Crippen LogP contribution is -2.34. The number of piperidine rings is 1. The van der Waals surface area contributed by atoms with E-state index in [4.69, 9.17) is 28.9 Å². The summed E-state index contributed by atoms with van der Waals surface area (Å²) >= 11 is 8.93. The van der Waals surface area contributed by atoms with Crippen LogP contribution >= 0.6 is 34.7 Å². The Bertz CT molecular complexity index is 1240. The van der Waals surface area contributed by atoms with E-state index < -0.39 is 0 Å². The maximum absolute atomic E-state index is 10.0. The first-order valence-electron chi connectivity index (χ1n) is 10.8. The van der Waals surface area contributed by atoms with Crippen molar-refractivity contribution in [2.75, 3.05) is 30.3 Å². The molecule has 3 N–H and O–H groups in total. The number of aromatic nitrogens is 2. The van der Waals surface area contributed by atoms with Crippen LogP contribution in [0.4, 0.5) is 17.2 Å². The number of nitrogens with two attached hydrogens (primary N) is 1. The van der Waals surface area contributed by atoms with Crippen LogP contribution in [0.25, 0.3) is 15.4 Å². The summed E-state index contributed by atoms with van der Waals surface area (Å²) < 4.78 is 0. The van der Waals surface area contributed by atoms with Crippen LogP contribution in [0, 0.1) is 23.8 Å². The SMILES string of the molecule is [C-]#[N+]c1c(N)nc(SCc2csc(-c3ccc(Cl)cc3)n2)c(C#N)c1N1CCC(CCO)CC1. The quantitative estimate of drug-likeness (QED) is 0.308. The van der Waals surface area contributed by atoms with Gasteiger partial charge in [-0.3, -0.25) is 0 Å². The van der Waals surface area contributed by atoms with Gasteiger partial charge in [-0.25, -0.2) is 14.8 Å². The third kappa shape index (κ3) is 5.29. The van der Waals surface area contributed by atoms with E-state index in [1.54, 1.807) is 11.3 Å². The van der Waals surface area contributed by atoms with Crippen LogP contribution in [0.15, 0.2) is 34.7 Å². The molecule has 0 amide bonds. The predicted molar refractivity (Wildman–Crippen MR) is 138 cm³/mol. The number of rotatable bonds is 7. The molecule has 0 spiro atoms. The average molecular weight is 511 g/mol. The van der Waals surface area contributed by atoms with Gasteiger partial charge in [-0.15, -0.1) is 11.3 Å². The number of hydrogen-bond acceptors (Lipinski definition) is 8. The molecule has 1 aromatic carbocycles. The van der Waals surface area contributed by atoms with Crippen molar-refractivity contribution in [3.63, 3.8) is 0 Å². The fraction of sp³-hybridized carbons (Fsp3) is 0.333. The largest absolute Gasteiger partial charge is 0.396 e. The van der Waals surface area contributed by atoms with E-state index in [1.807, 2.05) is 29.6 Å². The van der Waals surface area contributed by atoms with Crippen LogP contribution in [0.1, 0.15) is 30.5 Å². The minimum atomic E-state index is 0.143. The Morgan fingerprint density at radius 3 is 2.68 bits per heavy atom. The molecule has 3 heterocycles. The number of halogens is 1. The van der Waals surface area contributed by atoms with Gasteiger partial charge in [-0.2, -0.15) is 5.26 Å². The van der Waals surface area contributed by atoms with Gasteiger partial charge in [0.05, 0.1) is 23.5 Å². The molecule has 0 aliphatic carbocycles. The van der Waals surface area contributed by atoms with Crippen LogP contribution in [0.2, 0.25) is 5.02 Å². The highest BCUT2D eigenvalue weighted by atomic mass is 35.5. The minimum Gasteiger partial charge on any atom is -0.396 e. The van der Waals surface area contributed by atoms with E-state index in [1.165, 1.54) is 11.8 Å². The van der Waals surface area contributed by atoms with Crippen molar-refractivity contribution < 1.29 is 5.11 Å². The van der Waals surface area contributed by atoms with Crippen LogP contribution in [0.3, 0.4) is 0 Å².